The molecule has 0 saturated heterocycles. The predicted molar refractivity (Wildman–Crippen MR) is 76.4 cm³/mol. The van der Waals surface area contributed by atoms with Gasteiger partial charge in [0, 0.05) is 16.3 Å². The number of hydrogen-bond donors (Lipinski definition) is 1. The maximum atomic E-state index is 3.48. The van der Waals surface area contributed by atoms with Gasteiger partial charge in [0.1, 0.15) is 0 Å². The summed E-state index contributed by atoms with van der Waals surface area (Å²) in [5, 5.41) is 3.48. The number of thiophene rings is 1. The van der Waals surface area contributed by atoms with E-state index in [0.717, 1.165) is 13.1 Å². The highest BCUT2D eigenvalue weighted by molar-refractivity contribution is 7.15. The highest BCUT2D eigenvalue weighted by Crippen LogP contribution is 2.27. The monoisotopic (exact) mass is 245 g/mol. The molecule has 0 spiro atoms. The molecule has 1 heterocycles. The summed E-state index contributed by atoms with van der Waals surface area (Å²) >= 11 is 1.88. The maximum absolute atomic E-state index is 3.48. The zero-order valence-electron chi connectivity index (χ0n) is 10.3. The Morgan fingerprint density at radius 3 is 2.65 bits per heavy atom. The number of unbranched alkanes of at least 4 members (excludes halogenated alkanes) is 1. The molecule has 0 amide bonds. The summed E-state index contributed by atoms with van der Waals surface area (Å²) in [7, 11) is 0. The molecule has 0 unspecified atom stereocenters. The van der Waals surface area contributed by atoms with Crippen LogP contribution in [0.5, 0.6) is 0 Å². The van der Waals surface area contributed by atoms with Gasteiger partial charge in [0.25, 0.3) is 0 Å². The molecule has 1 aromatic carbocycles. The van der Waals surface area contributed by atoms with Gasteiger partial charge >= 0.3 is 0 Å². The molecular formula is C15H19NS. The highest BCUT2D eigenvalue weighted by atomic mass is 32.1. The molecule has 90 valence electrons. The molecule has 0 aliphatic carbocycles. The van der Waals surface area contributed by atoms with Gasteiger partial charge in [-0.2, -0.15) is 0 Å². The van der Waals surface area contributed by atoms with E-state index < -0.39 is 0 Å². The average molecular weight is 245 g/mol. The van der Waals surface area contributed by atoms with Crippen LogP contribution in [0.4, 0.5) is 0 Å². The van der Waals surface area contributed by atoms with E-state index in [4.69, 9.17) is 0 Å². The predicted octanol–water partition coefficient (Wildman–Crippen LogP) is 4.30. The van der Waals surface area contributed by atoms with Gasteiger partial charge in [-0.3, -0.25) is 0 Å². The van der Waals surface area contributed by atoms with Crippen LogP contribution in [-0.2, 0) is 6.54 Å². The van der Waals surface area contributed by atoms with E-state index in [-0.39, 0.29) is 0 Å². The molecular weight excluding hydrogens is 226 g/mol. The summed E-state index contributed by atoms with van der Waals surface area (Å²) in [6, 6.07) is 15.0. The van der Waals surface area contributed by atoms with E-state index >= 15 is 0 Å². The molecule has 0 aliphatic rings. The van der Waals surface area contributed by atoms with Gasteiger partial charge in [-0.05, 0) is 30.7 Å². The highest BCUT2D eigenvalue weighted by Gasteiger charge is 2.01. The Hall–Kier alpha value is -1.12. The van der Waals surface area contributed by atoms with E-state index in [0.29, 0.717) is 0 Å². The molecule has 1 N–H and O–H groups in total. The van der Waals surface area contributed by atoms with Crippen molar-refractivity contribution < 1.29 is 0 Å². The first kappa shape index (κ1) is 12.3. The fourth-order valence-corrected chi connectivity index (χ4v) is 2.73. The number of nitrogens with one attached hydrogen (secondary N) is 1. The molecule has 0 fully saturated rings. The summed E-state index contributed by atoms with van der Waals surface area (Å²) in [6.45, 7) is 4.34. The molecule has 0 bridgehead atoms. The molecule has 2 aromatic rings. The first-order valence-corrected chi connectivity index (χ1v) is 7.06. The average Bonchev–Trinajstić information content (AvgIpc) is 2.85. The van der Waals surface area contributed by atoms with Crippen molar-refractivity contribution in [1.82, 2.24) is 5.32 Å². The van der Waals surface area contributed by atoms with E-state index in [1.807, 2.05) is 11.3 Å². The molecule has 1 nitrogen and oxygen atoms in total. The molecule has 0 radical (unpaired) electrons. The summed E-state index contributed by atoms with van der Waals surface area (Å²) in [6.07, 6.45) is 2.52. The fourth-order valence-electron chi connectivity index (χ4n) is 1.74. The Kier molecular flexibility index (Phi) is 4.77. The maximum Gasteiger partial charge on any atom is 0.0346 e. The standard InChI is InChI=1S/C15H19NS/c1-2-3-11-16-12-14-9-10-15(17-14)13-7-5-4-6-8-13/h4-10,16H,2-3,11-12H2,1H3. The Morgan fingerprint density at radius 1 is 1.06 bits per heavy atom. The van der Waals surface area contributed by atoms with Crippen molar-refractivity contribution >= 4 is 11.3 Å². The number of rotatable bonds is 6. The zero-order valence-corrected chi connectivity index (χ0v) is 11.1. The first-order valence-electron chi connectivity index (χ1n) is 6.25. The van der Waals surface area contributed by atoms with Crippen molar-refractivity contribution in [3.8, 4) is 10.4 Å². The Bertz CT molecular complexity index is 433. The van der Waals surface area contributed by atoms with Crippen molar-refractivity contribution in [2.24, 2.45) is 0 Å². The largest absolute Gasteiger partial charge is 0.312 e. The molecule has 2 heteroatoms. The van der Waals surface area contributed by atoms with Crippen molar-refractivity contribution in [2.45, 2.75) is 26.3 Å². The van der Waals surface area contributed by atoms with Crippen molar-refractivity contribution in [1.29, 1.82) is 0 Å². The van der Waals surface area contributed by atoms with Crippen LogP contribution in [0.1, 0.15) is 24.6 Å². The summed E-state index contributed by atoms with van der Waals surface area (Å²) in [5.41, 5.74) is 1.32. The third-order valence-electron chi connectivity index (χ3n) is 2.73. The minimum Gasteiger partial charge on any atom is -0.312 e. The van der Waals surface area contributed by atoms with E-state index in [9.17, 15) is 0 Å². The first-order chi connectivity index (χ1) is 8.40. The molecule has 17 heavy (non-hydrogen) atoms. The minimum absolute atomic E-state index is 0.998. The van der Waals surface area contributed by atoms with Crippen LogP contribution in [0.25, 0.3) is 10.4 Å². The lowest BCUT2D eigenvalue weighted by molar-refractivity contribution is 0.646. The number of benzene rings is 1. The van der Waals surface area contributed by atoms with Crippen LogP contribution in [0.3, 0.4) is 0 Å². The summed E-state index contributed by atoms with van der Waals surface area (Å²) in [5.74, 6) is 0. The third-order valence-corrected chi connectivity index (χ3v) is 3.86. The zero-order chi connectivity index (χ0) is 11.9. The van der Waals surface area contributed by atoms with Gasteiger partial charge in [0.2, 0.25) is 0 Å². The normalized spacial score (nSPS) is 10.6. The van der Waals surface area contributed by atoms with Crippen molar-refractivity contribution in [2.75, 3.05) is 6.54 Å². The summed E-state index contributed by atoms with van der Waals surface area (Å²) < 4.78 is 0. The quantitative estimate of drug-likeness (QED) is 0.748. The van der Waals surface area contributed by atoms with Crippen LogP contribution in [0.15, 0.2) is 42.5 Å². The molecule has 0 saturated carbocycles. The van der Waals surface area contributed by atoms with Gasteiger partial charge in [-0.1, -0.05) is 43.7 Å². The SMILES string of the molecule is CCCCNCc1ccc(-c2ccccc2)s1. The minimum atomic E-state index is 0.998. The third kappa shape index (κ3) is 3.69. The lowest BCUT2D eigenvalue weighted by Crippen LogP contribution is -2.13. The van der Waals surface area contributed by atoms with Crippen LogP contribution in [0.2, 0.25) is 0 Å². The Balaban J connectivity index is 1.92. The Morgan fingerprint density at radius 2 is 1.88 bits per heavy atom. The second kappa shape index (κ2) is 6.58. The van der Waals surface area contributed by atoms with Gasteiger partial charge in [-0.15, -0.1) is 11.3 Å². The Labute approximate surface area is 108 Å². The molecule has 0 aliphatic heterocycles. The molecule has 2 rings (SSSR count). The van der Waals surface area contributed by atoms with Gasteiger partial charge in [0.05, 0.1) is 0 Å². The van der Waals surface area contributed by atoms with Crippen LogP contribution in [-0.4, -0.2) is 6.54 Å². The van der Waals surface area contributed by atoms with E-state index in [1.54, 1.807) is 0 Å². The van der Waals surface area contributed by atoms with E-state index in [2.05, 4.69) is 54.7 Å². The summed E-state index contributed by atoms with van der Waals surface area (Å²) in [4.78, 5) is 2.78. The van der Waals surface area contributed by atoms with Crippen LogP contribution in [0, 0.1) is 0 Å². The van der Waals surface area contributed by atoms with Crippen LogP contribution >= 0.6 is 11.3 Å². The molecule has 1 aromatic heterocycles. The van der Waals surface area contributed by atoms with Gasteiger partial charge in [-0.25, -0.2) is 0 Å². The second-order valence-corrected chi connectivity index (χ2v) is 5.33. The molecule has 0 atom stereocenters. The van der Waals surface area contributed by atoms with E-state index in [1.165, 1.54) is 28.2 Å². The second-order valence-electron chi connectivity index (χ2n) is 4.16. The lowest BCUT2D eigenvalue weighted by Gasteiger charge is -2.00. The van der Waals surface area contributed by atoms with Gasteiger partial charge in [0.15, 0.2) is 0 Å². The van der Waals surface area contributed by atoms with Gasteiger partial charge < -0.3 is 5.32 Å². The number of hydrogen-bond acceptors (Lipinski definition) is 2. The smallest absolute Gasteiger partial charge is 0.0346 e. The fraction of sp³-hybridized carbons (Fsp3) is 0.333. The van der Waals surface area contributed by atoms with Crippen molar-refractivity contribution in [3.63, 3.8) is 0 Å². The topological polar surface area (TPSA) is 12.0 Å². The van der Waals surface area contributed by atoms with Crippen molar-refractivity contribution in [3.05, 3.63) is 47.3 Å². The van der Waals surface area contributed by atoms with Crippen LogP contribution < -0.4 is 5.32 Å². The lowest BCUT2D eigenvalue weighted by atomic mass is 10.2.